The minimum atomic E-state index is -0.0206. The Morgan fingerprint density at radius 3 is 2.39 bits per heavy atom. The molecule has 0 unspecified atom stereocenters. The maximum Gasteiger partial charge on any atom is 0.224 e. The van der Waals surface area contributed by atoms with E-state index < -0.39 is 0 Å². The first-order chi connectivity index (χ1) is 15.7. The number of benzene rings is 2. The lowest BCUT2D eigenvalue weighted by Crippen LogP contribution is -2.23. The van der Waals surface area contributed by atoms with Gasteiger partial charge in [0.1, 0.15) is 5.75 Å². The summed E-state index contributed by atoms with van der Waals surface area (Å²) in [5.41, 5.74) is 7.23. The Balaban J connectivity index is 1.48. The van der Waals surface area contributed by atoms with E-state index in [4.69, 9.17) is 4.74 Å². The lowest BCUT2D eigenvalue weighted by molar-refractivity contribution is -0.117. The number of hydrogen-bond acceptors (Lipinski definition) is 3. The highest BCUT2D eigenvalue weighted by Crippen LogP contribution is 2.32. The monoisotopic (exact) mass is 448 g/mol. The molecule has 0 atom stereocenters. The Hall–Kier alpha value is -2.49. The molecular formula is C29H40N2O2. The summed E-state index contributed by atoms with van der Waals surface area (Å²) in [7, 11) is 0. The van der Waals surface area contributed by atoms with Gasteiger partial charge in [0.25, 0.3) is 0 Å². The van der Waals surface area contributed by atoms with Crippen molar-refractivity contribution in [2.75, 3.05) is 16.8 Å². The maximum atomic E-state index is 12.5. The second-order valence-electron chi connectivity index (χ2n) is 11.2. The van der Waals surface area contributed by atoms with Crippen LogP contribution in [0.1, 0.15) is 81.5 Å². The summed E-state index contributed by atoms with van der Waals surface area (Å²) < 4.78 is 6.25. The molecule has 0 saturated heterocycles. The highest BCUT2D eigenvalue weighted by Gasteiger charge is 2.21. The number of ether oxygens (including phenoxy) is 1. The van der Waals surface area contributed by atoms with Crippen molar-refractivity contribution in [3.8, 4) is 5.75 Å². The number of anilines is 2. The van der Waals surface area contributed by atoms with Gasteiger partial charge >= 0.3 is 0 Å². The predicted octanol–water partition coefficient (Wildman–Crippen LogP) is 6.95. The van der Waals surface area contributed by atoms with Crippen LogP contribution in [0.4, 0.5) is 11.4 Å². The number of nitrogens with zero attached hydrogens (tertiary/aromatic N) is 1. The topological polar surface area (TPSA) is 41.6 Å². The van der Waals surface area contributed by atoms with E-state index in [1.54, 1.807) is 0 Å². The van der Waals surface area contributed by atoms with Crippen molar-refractivity contribution in [3.05, 3.63) is 52.6 Å². The van der Waals surface area contributed by atoms with Crippen LogP contribution in [0.25, 0.3) is 0 Å². The Kier molecular flexibility index (Phi) is 7.02. The van der Waals surface area contributed by atoms with Gasteiger partial charge in [0.2, 0.25) is 5.91 Å². The van der Waals surface area contributed by atoms with Crippen LogP contribution in [-0.4, -0.2) is 18.6 Å². The van der Waals surface area contributed by atoms with Crippen LogP contribution in [0, 0.1) is 19.3 Å². The van der Waals surface area contributed by atoms with Gasteiger partial charge in [-0.1, -0.05) is 26.8 Å². The maximum absolute atomic E-state index is 12.5. The summed E-state index contributed by atoms with van der Waals surface area (Å²) in [4.78, 5) is 15.0. The Bertz CT molecular complexity index is 976. The molecule has 178 valence electrons. The summed E-state index contributed by atoms with van der Waals surface area (Å²) in [5.74, 6) is 1.12. The summed E-state index contributed by atoms with van der Waals surface area (Å²) >= 11 is 0. The van der Waals surface area contributed by atoms with Gasteiger partial charge in [0.15, 0.2) is 0 Å². The van der Waals surface area contributed by atoms with Gasteiger partial charge in [-0.25, -0.2) is 0 Å². The molecule has 1 heterocycles. The van der Waals surface area contributed by atoms with Gasteiger partial charge in [-0.3, -0.25) is 4.79 Å². The third-order valence-electron chi connectivity index (χ3n) is 6.86. The largest absolute Gasteiger partial charge is 0.490 e. The molecule has 2 aliphatic rings. The number of hydrogen-bond donors (Lipinski definition) is 1. The van der Waals surface area contributed by atoms with Gasteiger partial charge < -0.3 is 15.0 Å². The van der Waals surface area contributed by atoms with Crippen molar-refractivity contribution in [1.29, 1.82) is 0 Å². The van der Waals surface area contributed by atoms with E-state index in [-0.39, 0.29) is 11.3 Å². The SMILES string of the molecule is Cc1cc(N2CCCc3cc(OC4CCCC4)ccc3C2)cc(C)c1NC(=O)CC(C)(C)C. The van der Waals surface area contributed by atoms with E-state index >= 15 is 0 Å². The van der Waals surface area contributed by atoms with Gasteiger partial charge in [0, 0.05) is 30.9 Å². The Morgan fingerprint density at radius 1 is 1.03 bits per heavy atom. The van der Waals surface area contributed by atoms with Crippen LogP contribution in [0.15, 0.2) is 30.3 Å². The zero-order chi connectivity index (χ0) is 23.6. The molecule has 1 aliphatic carbocycles. The molecule has 1 fully saturated rings. The molecule has 0 radical (unpaired) electrons. The molecule has 1 aliphatic heterocycles. The normalized spacial score (nSPS) is 16.9. The summed E-state index contributed by atoms with van der Waals surface area (Å²) in [5, 5.41) is 3.16. The molecule has 1 saturated carbocycles. The lowest BCUT2D eigenvalue weighted by atomic mass is 9.92. The zero-order valence-electron chi connectivity index (χ0n) is 21.1. The molecule has 4 nitrogen and oxygen atoms in total. The Morgan fingerprint density at radius 2 is 1.73 bits per heavy atom. The number of aryl methyl sites for hydroxylation is 3. The van der Waals surface area contributed by atoms with Gasteiger partial charge in [-0.15, -0.1) is 0 Å². The number of rotatable bonds is 5. The van der Waals surface area contributed by atoms with Gasteiger partial charge in [-0.2, -0.15) is 0 Å². The van der Waals surface area contributed by atoms with Crippen LogP contribution >= 0.6 is 0 Å². The third-order valence-corrected chi connectivity index (χ3v) is 6.86. The summed E-state index contributed by atoms with van der Waals surface area (Å²) in [6.45, 7) is 12.4. The van der Waals surface area contributed by atoms with Crippen molar-refractivity contribution in [1.82, 2.24) is 0 Å². The minimum absolute atomic E-state index is 0.0206. The van der Waals surface area contributed by atoms with E-state index in [9.17, 15) is 4.79 Å². The summed E-state index contributed by atoms with van der Waals surface area (Å²) in [6.07, 6.45) is 8.10. The number of amides is 1. The average Bonchev–Trinajstić information content (AvgIpc) is 3.13. The van der Waals surface area contributed by atoms with Gasteiger partial charge in [-0.05, 0) is 104 Å². The van der Waals surface area contributed by atoms with E-state index in [2.05, 4.69) is 75.2 Å². The zero-order valence-corrected chi connectivity index (χ0v) is 21.1. The van der Waals surface area contributed by atoms with E-state index in [0.717, 1.165) is 48.5 Å². The van der Waals surface area contributed by atoms with E-state index in [1.807, 2.05) is 0 Å². The quantitative estimate of drug-likeness (QED) is 0.538. The molecule has 33 heavy (non-hydrogen) atoms. The first kappa shape index (κ1) is 23.7. The van der Waals surface area contributed by atoms with E-state index in [0.29, 0.717) is 12.5 Å². The fourth-order valence-corrected chi connectivity index (χ4v) is 5.21. The minimum Gasteiger partial charge on any atom is -0.490 e. The fraction of sp³-hybridized carbons (Fsp3) is 0.552. The second-order valence-corrected chi connectivity index (χ2v) is 11.2. The van der Waals surface area contributed by atoms with E-state index in [1.165, 1.54) is 42.5 Å². The van der Waals surface area contributed by atoms with Crippen molar-refractivity contribution >= 4 is 17.3 Å². The van der Waals surface area contributed by atoms with Gasteiger partial charge in [0.05, 0.1) is 6.10 Å². The molecule has 2 aromatic rings. The Labute approximate surface area is 199 Å². The number of carbonyl (C=O) groups is 1. The molecule has 4 rings (SSSR count). The standard InChI is InChI=1S/C29H40N2O2/c1-20-15-24(16-21(2)28(20)30-27(32)18-29(3,4)5)31-14-8-9-22-17-26(13-12-23(22)19-31)33-25-10-6-7-11-25/h12-13,15-17,25H,6-11,14,18-19H2,1-5H3,(H,30,32). The van der Waals surface area contributed by atoms with Crippen molar-refractivity contribution < 1.29 is 9.53 Å². The van der Waals surface area contributed by atoms with Crippen molar-refractivity contribution in [2.45, 2.75) is 92.2 Å². The van der Waals surface area contributed by atoms with Crippen molar-refractivity contribution in [2.24, 2.45) is 5.41 Å². The van der Waals surface area contributed by atoms with Crippen LogP contribution in [0.5, 0.6) is 5.75 Å². The second kappa shape index (κ2) is 9.79. The molecule has 1 amide bonds. The first-order valence-electron chi connectivity index (χ1n) is 12.6. The fourth-order valence-electron chi connectivity index (χ4n) is 5.21. The molecular weight excluding hydrogens is 408 g/mol. The molecule has 2 aromatic carbocycles. The number of fused-ring (bicyclic) bond motifs is 1. The molecule has 0 aromatic heterocycles. The highest BCUT2D eigenvalue weighted by atomic mass is 16.5. The summed E-state index contributed by atoms with van der Waals surface area (Å²) in [6, 6.07) is 11.1. The molecule has 0 spiro atoms. The first-order valence-corrected chi connectivity index (χ1v) is 12.6. The molecule has 1 N–H and O–H groups in total. The molecule has 0 bridgehead atoms. The van der Waals surface area contributed by atoms with Crippen LogP contribution in [0.2, 0.25) is 0 Å². The number of carbonyl (C=O) groups excluding carboxylic acids is 1. The third kappa shape index (κ3) is 6.10. The molecule has 4 heteroatoms. The van der Waals surface area contributed by atoms with Crippen LogP contribution < -0.4 is 15.0 Å². The highest BCUT2D eigenvalue weighted by molar-refractivity contribution is 5.93. The smallest absolute Gasteiger partial charge is 0.224 e. The van der Waals surface area contributed by atoms with Crippen LogP contribution in [0.3, 0.4) is 0 Å². The average molecular weight is 449 g/mol. The number of nitrogens with one attached hydrogen (secondary N) is 1. The van der Waals surface area contributed by atoms with Crippen LogP contribution in [-0.2, 0) is 17.8 Å². The lowest BCUT2D eigenvalue weighted by Gasteiger charge is -2.26. The van der Waals surface area contributed by atoms with Crippen molar-refractivity contribution in [3.63, 3.8) is 0 Å². The predicted molar refractivity (Wildman–Crippen MR) is 137 cm³/mol.